The second-order valence-electron chi connectivity index (χ2n) is 27.8. The summed E-state index contributed by atoms with van der Waals surface area (Å²) in [7, 11) is 3.18. The van der Waals surface area contributed by atoms with Gasteiger partial charge in [-0.05, 0) is 180 Å². The van der Waals surface area contributed by atoms with Crippen LogP contribution in [0.25, 0.3) is 98.7 Å². The van der Waals surface area contributed by atoms with Gasteiger partial charge in [-0.2, -0.15) is 0 Å². The molecule has 0 saturated heterocycles. The first-order valence-corrected chi connectivity index (χ1v) is 36.0. The number of pyridine rings is 6. The fourth-order valence-corrected chi connectivity index (χ4v) is 15.5. The molecule has 3 aliphatic rings. The number of benzene rings is 3. The quantitative estimate of drug-likeness (QED) is 0.0416. The molecule has 0 amide bonds. The molecule has 12 heterocycles. The molecule has 3 fully saturated rings. The van der Waals surface area contributed by atoms with E-state index in [4.69, 9.17) is 28.5 Å². The van der Waals surface area contributed by atoms with Gasteiger partial charge in [0, 0.05) is 113 Å². The molecular formula is C82H79F3N12O13. The van der Waals surface area contributed by atoms with E-state index in [9.17, 15) is 51.8 Å². The highest BCUT2D eigenvalue weighted by Gasteiger charge is 2.28. The van der Waals surface area contributed by atoms with Gasteiger partial charge in [-0.15, -0.1) is 0 Å². The Labute approximate surface area is 622 Å². The lowest BCUT2D eigenvalue weighted by molar-refractivity contribution is 0.111. The van der Waals surface area contributed by atoms with Gasteiger partial charge in [0.2, 0.25) is 0 Å². The van der Waals surface area contributed by atoms with Gasteiger partial charge in [-0.25, -0.2) is 27.6 Å². The number of rotatable bonds is 13. The van der Waals surface area contributed by atoms with Gasteiger partial charge in [-0.3, -0.25) is 34.1 Å². The molecule has 18 rings (SSSR count). The Morgan fingerprint density at radius 1 is 0.473 bits per heavy atom. The van der Waals surface area contributed by atoms with Crippen molar-refractivity contribution in [2.45, 2.75) is 140 Å². The summed E-state index contributed by atoms with van der Waals surface area (Å²) in [6.45, 7) is 1.01. The van der Waals surface area contributed by atoms with Crippen LogP contribution in [0.5, 0.6) is 11.5 Å². The van der Waals surface area contributed by atoms with Crippen molar-refractivity contribution in [2.75, 3.05) is 14.2 Å². The molecule has 0 aliphatic heterocycles. The van der Waals surface area contributed by atoms with Gasteiger partial charge in [-0.1, -0.05) is 7.43 Å². The molecule has 0 radical (unpaired) electrons. The zero-order chi connectivity index (χ0) is 75.7. The second-order valence-corrected chi connectivity index (χ2v) is 27.8. The molecule has 28 heteroatoms. The summed E-state index contributed by atoms with van der Waals surface area (Å²) in [6.07, 6.45) is 16.3. The van der Waals surface area contributed by atoms with Gasteiger partial charge in [0.1, 0.15) is 45.7 Å². The second kappa shape index (κ2) is 32.0. The predicted molar refractivity (Wildman–Crippen MR) is 414 cm³/mol. The third-order valence-corrected chi connectivity index (χ3v) is 21.0. The van der Waals surface area contributed by atoms with Crippen LogP contribution in [0.15, 0.2) is 188 Å². The number of carbonyl (C=O) groups excluding carboxylic acids is 1. The summed E-state index contributed by atoms with van der Waals surface area (Å²) in [5, 5.41) is 19.0. The van der Waals surface area contributed by atoms with Crippen LogP contribution >= 0.6 is 0 Å². The summed E-state index contributed by atoms with van der Waals surface area (Å²) in [5.74, 6) is 0.0431. The van der Waals surface area contributed by atoms with Crippen molar-refractivity contribution in [3.63, 3.8) is 0 Å². The molecule has 3 saturated carbocycles. The summed E-state index contributed by atoms with van der Waals surface area (Å²) in [5.41, 5.74) is 14.4. The van der Waals surface area contributed by atoms with Gasteiger partial charge >= 0.3 is 16.9 Å². The summed E-state index contributed by atoms with van der Waals surface area (Å²) in [6, 6.07) is 33.7. The van der Waals surface area contributed by atoms with Crippen LogP contribution in [0.3, 0.4) is 0 Å². The number of aromatic amines is 3. The highest BCUT2D eigenvalue weighted by atomic mass is 19.1. The molecule has 0 bridgehead atoms. The number of aliphatic hydroxyl groups excluding tert-OH is 1. The minimum Gasteiger partial charge on any atom is -0.495 e. The number of halogens is 3. The molecule has 0 spiro atoms. The van der Waals surface area contributed by atoms with Crippen LogP contribution < -0.4 is 59.4 Å². The van der Waals surface area contributed by atoms with Crippen LogP contribution in [0, 0.1) is 17.5 Å². The summed E-state index contributed by atoms with van der Waals surface area (Å²) in [4.78, 5) is 107. The number of hydrogen-bond acceptors (Lipinski definition) is 19. The number of carbonyl (C=O) groups is 1. The van der Waals surface area contributed by atoms with Crippen molar-refractivity contribution in [1.82, 2.24) is 54.2 Å². The molecule has 0 unspecified atom stereocenters. The third-order valence-electron chi connectivity index (χ3n) is 21.0. The van der Waals surface area contributed by atoms with E-state index in [-0.39, 0.29) is 95.3 Å². The fraction of sp³-hybridized carbons (Fsp3) is 0.293. The Kier molecular flexibility index (Phi) is 21.7. The lowest BCUT2D eigenvalue weighted by Crippen LogP contribution is -2.35. The lowest BCUT2D eigenvalue weighted by atomic mass is 9.90. The number of fused-ring (bicyclic) bond motifs is 12. The fourth-order valence-electron chi connectivity index (χ4n) is 15.5. The van der Waals surface area contributed by atoms with Crippen LogP contribution in [0.2, 0.25) is 0 Å². The van der Waals surface area contributed by atoms with Crippen molar-refractivity contribution in [1.29, 1.82) is 0 Å². The molecule has 110 heavy (non-hydrogen) atoms. The standard InChI is InChI=1S/2C27H25FN4O4.C15H19N3O2.C12H6FNO3.CH4/c2*1-35-19-12-23-22(30-14-19)7-9-25(33)32(23)18-5-3-16(4-6-18)29-13-17-11-21-26(31-17)20-10-15(28)2-8-24(20)36-27(21)34;16-11-1-3-12(4-2-11)18-14-7-10(9-19)8-17-13(14)5-6-15(18)20;13-6-1-2-10-8(3-6)11-9(12(16)17-10)4-7(5-15)14-11;/h2*2,7-12,14,16,18,29,31H,3-6,13H2,1H3;5-8,11-12,19H,1-4,9,16H2;1-5,14H;1H4. The average Bonchev–Trinajstić information content (AvgIpc) is 0.823. The minimum atomic E-state index is -0.552. The van der Waals surface area contributed by atoms with Crippen LogP contribution in [-0.2, 0) is 19.7 Å². The molecule has 3 aliphatic carbocycles. The molecule has 8 N–H and O–H groups in total. The molecular weight excluding hydrogens is 1420 g/mol. The van der Waals surface area contributed by atoms with Crippen molar-refractivity contribution in [3.05, 3.63) is 248 Å². The van der Waals surface area contributed by atoms with Gasteiger partial charge in [0.15, 0.2) is 6.29 Å². The summed E-state index contributed by atoms with van der Waals surface area (Å²) >= 11 is 0. The van der Waals surface area contributed by atoms with E-state index < -0.39 is 22.7 Å². The number of aromatic nitrogens is 9. The zero-order valence-corrected chi connectivity index (χ0v) is 59.2. The maximum absolute atomic E-state index is 13.8. The molecule has 15 aromatic rings. The molecule has 566 valence electrons. The highest BCUT2D eigenvalue weighted by Crippen LogP contribution is 2.35. The number of ether oxygens (including phenoxy) is 2. The van der Waals surface area contributed by atoms with E-state index in [0.29, 0.717) is 85.5 Å². The van der Waals surface area contributed by atoms with Crippen LogP contribution in [0.1, 0.15) is 130 Å². The predicted octanol–water partition coefficient (Wildman–Crippen LogP) is 13.0. The van der Waals surface area contributed by atoms with Crippen LogP contribution in [0.4, 0.5) is 13.2 Å². The summed E-state index contributed by atoms with van der Waals surface area (Å²) < 4.78 is 72.6. The zero-order valence-electron chi connectivity index (χ0n) is 59.2. The van der Waals surface area contributed by atoms with E-state index >= 15 is 0 Å². The smallest absolute Gasteiger partial charge is 0.345 e. The number of nitrogens with two attached hydrogens (primary N) is 1. The van der Waals surface area contributed by atoms with E-state index in [1.165, 1.54) is 60.7 Å². The van der Waals surface area contributed by atoms with Crippen molar-refractivity contribution in [3.8, 4) is 11.5 Å². The van der Waals surface area contributed by atoms with Gasteiger partial charge < -0.3 is 72.9 Å². The van der Waals surface area contributed by atoms with Crippen molar-refractivity contribution < 1.29 is 45.8 Å². The first-order chi connectivity index (χ1) is 52.9. The Bertz CT molecular complexity index is 6120. The lowest BCUT2D eigenvalue weighted by Gasteiger charge is -2.31. The van der Waals surface area contributed by atoms with E-state index in [0.717, 1.165) is 127 Å². The Hall–Kier alpha value is -12.1. The minimum absolute atomic E-state index is 0. The first-order valence-electron chi connectivity index (χ1n) is 36.0. The van der Waals surface area contributed by atoms with E-state index in [1.807, 2.05) is 31.9 Å². The van der Waals surface area contributed by atoms with Crippen molar-refractivity contribution in [2.24, 2.45) is 5.73 Å². The normalized spacial score (nSPS) is 17.9. The highest BCUT2D eigenvalue weighted by molar-refractivity contribution is 6.05. The average molecular weight is 1500 g/mol. The molecule has 25 nitrogen and oxygen atoms in total. The maximum atomic E-state index is 13.8. The number of nitrogens with one attached hydrogen (secondary N) is 5. The Morgan fingerprint density at radius 2 is 0.836 bits per heavy atom. The van der Waals surface area contributed by atoms with E-state index in [2.05, 4.69) is 40.5 Å². The Morgan fingerprint density at radius 3 is 1.22 bits per heavy atom. The number of methoxy groups -OCH3 is 2. The molecule has 3 aromatic carbocycles. The number of aldehydes is 1. The van der Waals surface area contributed by atoms with E-state index in [1.54, 1.807) is 81.3 Å². The third kappa shape index (κ3) is 15.4. The number of nitrogens with zero attached hydrogens (tertiary/aromatic N) is 6. The molecule has 12 aromatic heterocycles. The van der Waals surface area contributed by atoms with Crippen molar-refractivity contribution >= 4 is 105 Å². The largest absolute Gasteiger partial charge is 0.495 e. The number of hydrogen-bond donors (Lipinski definition) is 7. The molecule has 0 atom stereocenters. The monoisotopic (exact) mass is 1500 g/mol. The first kappa shape index (κ1) is 74.7. The maximum Gasteiger partial charge on any atom is 0.345 e. The Balaban J connectivity index is 0.000000128. The number of H-pyrrole nitrogens is 3. The number of aliphatic hydroxyl groups is 1. The topological polar surface area (TPSA) is 349 Å². The van der Waals surface area contributed by atoms with Gasteiger partial charge in [0.05, 0.1) is 105 Å². The van der Waals surface area contributed by atoms with Crippen LogP contribution in [-0.4, -0.2) is 87.3 Å². The SMILES string of the molecule is C.COc1cnc2ccc(=O)n(C3CCC(NCc4cc5c(=O)oc6ccc(F)cc6c5[nH]4)CC3)c2c1.COc1cnc2ccc(=O)n(C3CCC(NCc4cc5c(=O)oc6ccc(F)cc6c5[nH]4)CC3)c2c1.NC1CCC(n2c(=O)ccc3ncc(CO)cc32)CC1.O=Cc1cc2c(=O)oc3ccc(F)cc3c2[nH]1. The van der Waals surface area contributed by atoms with Gasteiger partial charge in [0.25, 0.3) is 16.7 Å².